The van der Waals surface area contributed by atoms with E-state index in [9.17, 15) is 0 Å². The largest absolute Gasteiger partial charge is 0.493 e. The molecule has 0 heterocycles. The molecule has 1 aromatic carbocycles. The molecule has 0 saturated heterocycles. The molecule has 0 bridgehead atoms. The zero-order valence-electron chi connectivity index (χ0n) is 13.2. The van der Waals surface area contributed by atoms with Gasteiger partial charge in [0.25, 0.3) is 0 Å². The Morgan fingerprint density at radius 3 is 2.30 bits per heavy atom. The van der Waals surface area contributed by atoms with Gasteiger partial charge in [-0.2, -0.15) is 0 Å². The van der Waals surface area contributed by atoms with Crippen molar-refractivity contribution in [3.8, 4) is 11.5 Å². The van der Waals surface area contributed by atoms with Gasteiger partial charge in [0.2, 0.25) is 0 Å². The van der Waals surface area contributed by atoms with Crippen LogP contribution in [0.2, 0.25) is 18.1 Å². The quantitative estimate of drug-likeness (QED) is 0.535. The first-order chi connectivity index (χ1) is 9.17. The molecule has 20 heavy (non-hydrogen) atoms. The van der Waals surface area contributed by atoms with E-state index in [1.807, 2.05) is 18.2 Å². The number of benzene rings is 1. The number of ether oxygens (including phenoxy) is 2. The van der Waals surface area contributed by atoms with Crippen LogP contribution in [0, 0.1) is 0 Å². The predicted molar refractivity (Wildman–Crippen MR) is 89.3 cm³/mol. The Balaban J connectivity index is 2.50. The van der Waals surface area contributed by atoms with Crippen molar-refractivity contribution in [2.45, 2.75) is 38.9 Å². The van der Waals surface area contributed by atoms with Crippen LogP contribution < -0.4 is 9.47 Å². The normalized spacial score (nSPS) is 12.3. The van der Waals surface area contributed by atoms with Crippen molar-refractivity contribution in [2.24, 2.45) is 0 Å². The first-order valence-electron chi connectivity index (χ1n) is 6.77. The van der Waals surface area contributed by atoms with E-state index in [2.05, 4.69) is 49.8 Å². The highest BCUT2D eigenvalue weighted by Crippen LogP contribution is 2.36. The van der Waals surface area contributed by atoms with Crippen molar-refractivity contribution >= 4 is 24.2 Å². The maximum Gasteiger partial charge on any atom is 0.192 e. The van der Waals surface area contributed by atoms with Gasteiger partial charge in [-0.05, 0) is 36.3 Å². The third-order valence-corrected chi connectivity index (χ3v) is 8.77. The van der Waals surface area contributed by atoms with Crippen LogP contribution in [0.5, 0.6) is 11.5 Å². The first kappa shape index (κ1) is 17.5. The monoisotopic (exact) mass is 360 g/mol. The van der Waals surface area contributed by atoms with Crippen LogP contribution in [-0.2, 0) is 4.43 Å². The Bertz CT molecular complexity index is 441. The number of hydrogen-bond acceptors (Lipinski definition) is 3. The minimum absolute atomic E-state index is 0.225. The molecule has 0 unspecified atom stereocenters. The van der Waals surface area contributed by atoms with Crippen LogP contribution in [0.15, 0.2) is 22.7 Å². The minimum Gasteiger partial charge on any atom is -0.493 e. The molecule has 0 aliphatic heterocycles. The number of hydrogen-bond donors (Lipinski definition) is 0. The van der Waals surface area contributed by atoms with E-state index >= 15 is 0 Å². The molecule has 0 atom stereocenters. The molecule has 5 heteroatoms. The van der Waals surface area contributed by atoms with Gasteiger partial charge in [0, 0.05) is 4.47 Å². The standard InChI is InChI=1S/C15H25BrO3Si/c1-15(2,3)20(5,6)19-10-9-18-13-8-7-12(16)11-14(13)17-4/h7-8,11H,9-10H2,1-6H3. The van der Waals surface area contributed by atoms with Crippen LogP contribution in [0.4, 0.5) is 0 Å². The highest BCUT2D eigenvalue weighted by Gasteiger charge is 2.36. The lowest BCUT2D eigenvalue weighted by atomic mass is 10.2. The fourth-order valence-corrected chi connectivity index (χ4v) is 2.79. The van der Waals surface area contributed by atoms with Gasteiger partial charge in [0.15, 0.2) is 19.8 Å². The summed E-state index contributed by atoms with van der Waals surface area (Å²) in [7, 11) is -0.0530. The summed E-state index contributed by atoms with van der Waals surface area (Å²) in [4.78, 5) is 0. The van der Waals surface area contributed by atoms with Crippen molar-refractivity contribution in [1.82, 2.24) is 0 Å². The molecular formula is C15H25BrO3Si. The van der Waals surface area contributed by atoms with E-state index in [1.165, 1.54) is 0 Å². The van der Waals surface area contributed by atoms with E-state index in [0.29, 0.717) is 13.2 Å². The average molecular weight is 361 g/mol. The third kappa shape index (κ3) is 4.79. The van der Waals surface area contributed by atoms with Crippen LogP contribution in [0.3, 0.4) is 0 Å². The zero-order chi connectivity index (χ0) is 15.4. The molecule has 0 aliphatic carbocycles. The second-order valence-corrected chi connectivity index (χ2v) is 12.0. The summed E-state index contributed by atoms with van der Waals surface area (Å²) in [6.45, 7) is 12.3. The maximum absolute atomic E-state index is 6.08. The van der Waals surface area contributed by atoms with Crippen molar-refractivity contribution in [3.05, 3.63) is 22.7 Å². The topological polar surface area (TPSA) is 27.7 Å². The molecule has 0 spiro atoms. The molecule has 0 aromatic heterocycles. The second kappa shape index (κ2) is 6.96. The summed E-state index contributed by atoms with van der Waals surface area (Å²) in [5.74, 6) is 1.47. The van der Waals surface area contributed by atoms with Crippen molar-refractivity contribution in [1.29, 1.82) is 0 Å². The summed E-state index contributed by atoms with van der Waals surface area (Å²) >= 11 is 3.41. The predicted octanol–water partition coefficient (Wildman–Crippen LogP) is 4.86. The molecule has 114 valence electrons. The van der Waals surface area contributed by atoms with Gasteiger partial charge in [-0.3, -0.25) is 0 Å². The van der Waals surface area contributed by atoms with E-state index < -0.39 is 8.32 Å². The summed E-state index contributed by atoms with van der Waals surface area (Å²) in [5, 5.41) is 0.225. The lowest BCUT2D eigenvalue weighted by molar-refractivity contribution is 0.199. The van der Waals surface area contributed by atoms with Gasteiger partial charge >= 0.3 is 0 Å². The molecule has 0 amide bonds. The maximum atomic E-state index is 6.08. The Morgan fingerprint density at radius 1 is 1.10 bits per heavy atom. The Hall–Kier alpha value is -0.523. The average Bonchev–Trinajstić information content (AvgIpc) is 2.34. The second-order valence-electron chi connectivity index (χ2n) is 6.25. The Labute approximate surface area is 131 Å². The third-order valence-electron chi connectivity index (χ3n) is 3.74. The Morgan fingerprint density at radius 2 is 1.75 bits per heavy atom. The molecule has 1 aromatic rings. The summed E-state index contributed by atoms with van der Waals surface area (Å²) in [6, 6.07) is 5.73. The van der Waals surface area contributed by atoms with E-state index in [-0.39, 0.29) is 5.04 Å². The molecule has 1 rings (SSSR count). The lowest BCUT2D eigenvalue weighted by Crippen LogP contribution is -2.41. The lowest BCUT2D eigenvalue weighted by Gasteiger charge is -2.36. The molecule has 0 N–H and O–H groups in total. The zero-order valence-corrected chi connectivity index (χ0v) is 15.8. The van der Waals surface area contributed by atoms with Crippen LogP contribution >= 0.6 is 15.9 Å². The minimum atomic E-state index is -1.69. The molecule has 0 aliphatic rings. The van der Waals surface area contributed by atoms with E-state index in [0.717, 1.165) is 16.0 Å². The summed E-state index contributed by atoms with van der Waals surface area (Å²) in [6.07, 6.45) is 0. The summed E-state index contributed by atoms with van der Waals surface area (Å²) in [5.41, 5.74) is 0. The number of rotatable bonds is 6. The molecule has 0 saturated carbocycles. The van der Waals surface area contributed by atoms with Gasteiger partial charge in [-0.15, -0.1) is 0 Å². The van der Waals surface area contributed by atoms with Gasteiger partial charge < -0.3 is 13.9 Å². The summed E-state index contributed by atoms with van der Waals surface area (Å²) < 4.78 is 18.1. The first-order valence-corrected chi connectivity index (χ1v) is 10.5. The van der Waals surface area contributed by atoms with Crippen molar-refractivity contribution in [3.63, 3.8) is 0 Å². The SMILES string of the molecule is COc1cc(Br)ccc1OCCO[Si](C)(C)C(C)(C)C. The van der Waals surface area contributed by atoms with Crippen LogP contribution in [-0.4, -0.2) is 28.6 Å². The van der Waals surface area contributed by atoms with Crippen LogP contribution in [0.25, 0.3) is 0 Å². The highest BCUT2D eigenvalue weighted by molar-refractivity contribution is 9.10. The fraction of sp³-hybridized carbons (Fsp3) is 0.600. The fourth-order valence-electron chi connectivity index (χ4n) is 1.43. The van der Waals surface area contributed by atoms with Gasteiger partial charge in [0.05, 0.1) is 13.7 Å². The highest BCUT2D eigenvalue weighted by atomic mass is 79.9. The Kier molecular flexibility index (Phi) is 6.10. The van der Waals surface area contributed by atoms with Gasteiger partial charge in [0.1, 0.15) is 6.61 Å². The molecular weight excluding hydrogens is 336 g/mol. The molecule has 0 fully saturated rings. The van der Waals surface area contributed by atoms with Crippen molar-refractivity contribution in [2.75, 3.05) is 20.3 Å². The van der Waals surface area contributed by atoms with Gasteiger partial charge in [-0.1, -0.05) is 36.7 Å². The van der Waals surface area contributed by atoms with E-state index in [1.54, 1.807) is 7.11 Å². The molecule has 0 radical (unpaired) electrons. The number of methoxy groups -OCH3 is 1. The smallest absolute Gasteiger partial charge is 0.192 e. The van der Waals surface area contributed by atoms with Crippen molar-refractivity contribution < 1.29 is 13.9 Å². The number of halogens is 1. The van der Waals surface area contributed by atoms with Crippen LogP contribution in [0.1, 0.15) is 20.8 Å². The molecule has 3 nitrogen and oxygen atoms in total. The van der Waals surface area contributed by atoms with E-state index in [4.69, 9.17) is 13.9 Å². The van der Waals surface area contributed by atoms with Gasteiger partial charge in [-0.25, -0.2) is 0 Å².